The van der Waals surface area contributed by atoms with E-state index in [1.165, 1.54) is 5.56 Å². The van der Waals surface area contributed by atoms with E-state index in [1.807, 2.05) is 38.1 Å². The van der Waals surface area contributed by atoms with Gasteiger partial charge in [0, 0.05) is 18.3 Å². The van der Waals surface area contributed by atoms with E-state index in [-0.39, 0.29) is 23.3 Å². The Morgan fingerprint density at radius 2 is 1.65 bits per heavy atom. The Labute approximate surface area is 186 Å². The fourth-order valence-corrected chi connectivity index (χ4v) is 4.68. The third-order valence-corrected chi connectivity index (χ3v) is 7.50. The lowest BCUT2D eigenvalue weighted by molar-refractivity contribution is 0.323. The van der Waals surface area contributed by atoms with Gasteiger partial charge in [0.1, 0.15) is 12.4 Å². The van der Waals surface area contributed by atoms with Crippen molar-refractivity contribution in [2.75, 3.05) is 19.7 Å². The first-order chi connectivity index (χ1) is 14.8. The van der Waals surface area contributed by atoms with Gasteiger partial charge in [-0.15, -0.1) is 0 Å². The van der Waals surface area contributed by atoms with E-state index < -0.39 is 21.0 Å². The van der Waals surface area contributed by atoms with Crippen LogP contribution in [0.1, 0.15) is 19.4 Å². The maximum absolute atomic E-state index is 12.2. The number of sulfonamides is 1. The molecule has 1 atom stereocenters. The van der Waals surface area contributed by atoms with Crippen molar-refractivity contribution in [3.8, 4) is 5.75 Å². The summed E-state index contributed by atoms with van der Waals surface area (Å²) in [5.41, 5.74) is 1.17. The molecule has 0 amide bonds. The molecule has 31 heavy (non-hydrogen) atoms. The summed E-state index contributed by atoms with van der Waals surface area (Å²) in [5.74, 6) is 0.688. The van der Waals surface area contributed by atoms with Gasteiger partial charge in [-0.05, 0) is 60.9 Å². The molecule has 0 heterocycles. The van der Waals surface area contributed by atoms with E-state index >= 15 is 0 Å². The Morgan fingerprint density at radius 3 is 2.39 bits per heavy atom. The molecule has 0 saturated heterocycles. The lowest BCUT2D eigenvalue weighted by atomic mass is 10.0. The van der Waals surface area contributed by atoms with Crippen LogP contribution < -0.4 is 14.2 Å². The maximum atomic E-state index is 12.2. The summed E-state index contributed by atoms with van der Waals surface area (Å²) in [6.07, 6.45) is 0.800. The third-order valence-electron chi connectivity index (χ3n) is 4.68. The van der Waals surface area contributed by atoms with Crippen LogP contribution in [-0.4, -0.2) is 37.6 Å². The van der Waals surface area contributed by atoms with Gasteiger partial charge < -0.3 is 4.74 Å². The second kappa shape index (κ2) is 10.9. The summed E-state index contributed by atoms with van der Waals surface area (Å²) in [6.45, 7) is 4.93. The molecule has 0 aromatic heterocycles. The molecular weight excluding hydrogens is 432 g/mol. The molecule has 8 heteroatoms. The summed E-state index contributed by atoms with van der Waals surface area (Å²) >= 11 is 0. The minimum Gasteiger partial charge on any atom is -0.492 e. The van der Waals surface area contributed by atoms with Crippen LogP contribution >= 0.6 is 0 Å². The fourth-order valence-electron chi connectivity index (χ4n) is 3.01. The van der Waals surface area contributed by atoms with Crippen LogP contribution in [0.25, 0.3) is 10.8 Å². The van der Waals surface area contributed by atoms with Crippen molar-refractivity contribution >= 4 is 31.8 Å². The smallest absolute Gasteiger partial charge is 0.240 e. The van der Waals surface area contributed by atoms with Gasteiger partial charge in [-0.25, -0.2) is 22.1 Å². The standard InChI is InChI=1S/C23H28N2O4S2/c1-18(2)30(26)24-13-12-19-8-9-21-17-22(11-10-20(21)16-19)29-15-14-25-31(27,28)23-6-4-3-5-7-23/h3-11,16-18,24-25H,12-15H2,1-2H3. The molecule has 3 aromatic rings. The average molecular weight is 461 g/mol. The van der Waals surface area contributed by atoms with E-state index in [1.54, 1.807) is 30.3 Å². The van der Waals surface area contributed by atoms with Crippen LogP contribution in [0, 0.1) is 0 Å². The van der Waals surface area contributed by atoms with Crippen LogP contribution in [0.5, 0.6) is 5.75 Å². The molecule has 0 aliphatic heterocycles. The molecule has 0 radical (unpaired) electrons. The Bertz CT molecular complexity index is 1130. The highest BCUT2D eigenvalue weighted by molar-refractivity contribution is 7.89. The summed E-state index contributed by atoms with van der Waals surface area (Å²) in [5, 5.41) is 2.24. The summed E-state index contributed by atoms with van der Waals surface area (Å²) in [7, 11) is -4.53. The topological polar surface area (TPSA) is 84.5 Å². The molecule has 0 spiro atoms. The molecule has 6 nitrogen and oxygen atoms in total. The Kier molecular flexibility index (Phi) is 8.20. The van der Waals surface area contributed by atoms with Crippen molar-refractivity contribution in [2.24, 2.45) is 0 Å². The quantitative estimate of drug-likeness (QED) is 0.430. The van der Waals surface area contributed by atoms with Gasteiger partial charge in [0.2, 0.25) is 10.0 Å². The predicted octanol–water partition coefficient (Wildman–Crippen LogP) is 3.40. The Morgan fingerprint density at radius 1 is 0.935 bits per heavy atom. The Hall–Kier alpha value is -2.26. The van der Waals surface area contributed by atoms with E-state index in [0.29, 0.717) is 12.3 Å². The zero-order valence-electron chi connectivity index (χ0n) is 17.7. The van der Waals surface area contributed by atoms with E-state index in [4.69, 9.17) is 4.74 Å². The van der Waals surface area contributed by atoms with Crippen molar-refractivity contribution in [1.82, 2.24) is 9.44 Å². The monoisotopic (exact) mass is 460 g/mol. The molecule has 2 N–H and O–H groups in total. The molecular formula is C23H28N2O4S2. The van der Waals surface area contributed by atoms with Crippen molar-refractivity contribution < 1.29 is 17.4 Å². The van der Waals surface area contributed by atoms with Crippen LogP contribution in [0.15, 0.2) is 71.6 Å². The summed E-state index contributed by atoms with van der Waals surface area (Å²) in [6, 6.07) is 20.3. The van der Waals surface area contributed by atoms with Gasteiger partial charge in [-0.1, -0.05) is 42.5 Å². The summed E-state index contributed by atoms with van der Waals surface area (Å²) < 4.78 is 47.5. The number of nitrogens with one attached hydrogen (secondary N) is 2. The highest BCUT2D eigenvalue weighted by atomic mass is 32.2. The van der Waals surface area contributed by atoms with Crippen molar-refractivity contribution in [2.45, 2.75) is 30.4 Å². The molecule has 0 bridgehead atoms. The SMILES string of the molecule is CC(C)S(=O)NCCc1ccc2cc(OCCNS(=O)(=O)c3ccccc3)ccc2c1. The van der Waals surface area contributed by atoms with Gasteiger partial charge in [0.25, 0.3) is 0 Å². The van der Waals surface area contributed by atoms with Gasteiger partial charge in [-0.3, -0.25) is 0 Å². The largest absolute Gasteiger partial charge is 0.492 e. The van der Waals surface area contributed by atoms with Crippen LogP contribution in [0.4, 0.5) is 0 Å². The minimum absolute atomic E-state index is 0.101. The maximum Gasteiger partial charge on any atom is 0.240 e. The molecule has 0 aliphatic rings. The molecule has 0 aliphatic carbocycles. The van der Waals surface area contributed by atoms with Gasteiger partial charge in [0.15, 0.2) is 0 Å². The first-order valence-electron chi connectivity index (χ1n) is 10.2. The third kappa shape index (κ3) is 6.87. The molecule has 3 aromatic carbocycles. The van der Waals surface area contributed by atoms with E-state index in [0.717, 1.165) is 17.2 Å². The van der Waals surface area contributed by atoms with E-state index in [2.05, 4.69) is 21.6 Å². The van der Waals surface area contributed by atoms with Crippen molar-refractivity contribution in [3.05, 3.63) is 72.3 Å². The molecule has 0 fully saturated rings. The van der Waals surface area contributed by atoms with Crippen LogP contribution in [-0.2, 0) is 27.4 Å². The minimum atomic E-state index is -3.53. The molecule has 3 rings (SSSR count). The number of rotatable bonds is 11. The van der Waals surface area contributed by atoms with Crippen molar-refractivity contribution in [1.29, 1.82) is 0 Å². The highest BCUT2D eigenvalue weighted by Gasteiger charge is 2.12. The van der Waals surface area contributed by atoms with E-state index in [9.17, 15) is 12.6 Å². The van der Waals surface area contributed by atoms with Gasteiger partial charge in [0.05, 0.1) is 15.9 Å². The lowest BCUT2D eigenvalue weighted by Crippen LogP contribution is -2.28. The number of fused-ring (bicyclic) bond motifs is 1. The van der Waals surface area contributed by atoms with Gasteiger partial charge >= 0.3 is 0 Å². The zero-order chi connectivity index (χ0) is 22.3. The highest BCUT2D eigenvalue weighted by Crippen LogP contribution is 2.22. The summed E-state index contributed by atoms with van der Waals surface area (Å²) in [4.78, 5) is 0.238. The lowest BCUT2D eigenvalue weighted by Gasteiger charge is -2.10. The number of benzene rings is 3. The second-order valence-electron chi connectivity index (χ2n) is 7.39. The zero-order valence-corrected chi connectivity index (χ0v) is 19.3. The van der Waals surface area contributed by atoms with Crippen molar-refractivity contribution in [3.63, 3.8) is 0 Å². The predicted molar refractivity (Wildman–Crippen MR) is 126 cm³/mol. The molecule has 166 valence electrons. The first kappa shape index (κ1) is 23.4. The average Bonchev–Trinajstić information content (AvgIpc) is 2.77. The van der Waals surface area contributed by atoms with Crippen LogP contribution in [0.3, 0.4) is 0 Å². The molecule has 1 unspecified atom stereocenters. The first-order valence-corrected chi connectivity index (χ1v) is 12.9. The number of hydrogen-bond donors (Lipinski definition) is 2. The molecule has 0 saturated carbocycles. The van der Waals surface area contributed by atoms with Gasteiger partial charge in [-0.2, -0.15) is 0 Å². The number of ether oxygens (including phenoxy) is 1. The number of hydrogen-bond acceptors (Lipinski definition) is 4. The second-order valence-corrected chi connectivity index (χ2v) is 11.0. The fraction of sp³-hybridized carbons (Fsp3) is 0.304. The van der Waals surface area contributed by atoms with Crippen LogP contribution in [0.2, 0.25) is 0 Å². The Balaban J connectivity index is 1.51. The normalized spacial score (nSPS) is 12.9.